The van der Waals surface area contributed by atoms with Crippen LogP contribution in [0.4, 0.5) is 17.1 Å². The number of nitro groups is 1. The molecule has 1 saturated heterocycles. The summed E-state index contributed by atoms with van der Waals surface area (Å²) in [5.41, 5.74) is 1.24. The topological polar surface area (TPSA) is 105 Å². The summed E-state index contributed by atoms with van der Waals surface area (Å²) < 4.78 is 34.4. The molecule has 3 aromatic rings. The number of halogens is 1. The van der Waals surface area contributed by atoms with Crippen LogP contribution in [0, 0.1) is 10.1 Å². The number of rotatable bonds is 8. The molecule has 0 amide bonds. The zero-order valence-corrected chi connectivity index (χ0v) is 22.2. The van der Waals surface area contributed by atoms with E-state index in [1.54, 1.807) is 61.7 Å². The van der Waals surface area contributed by atoms with Gasteiger partial charge in [0.2, 0.25) is 0 Å². The Morgan fingerprint density at radius 2 is 1.53 bits per heavy atom. The Labute approximate surface area is 221 Å². The number of sulfonamides is 1. The first kappa shape index (κ1) is 27.6. The van der Waals surface area contributed by atoms with Gasteiger partial charge in [-0.05, 0) is 61.6 Å². The van der Waals surface area contributed by atoms with Gasteiger partial charge in [0.05, 0.1) is 22.6 Å². The quantitative estimate of drug-likeness (QED) is 0.317. The van der Waals surface area contributed by atoms with Crippen molar-refractivity contribution in [1.29, 1.82) is 0 Å². The van der Waals surface area contributed by atoms with Crippen LogP contribution in [0.15, 0.2) is 81.4 Å². The van der Waals surface area contributed by atoms with Gasteiger partial charge in [0, 0.05) is 53.8 Å². The second-order valence-corrected chi connectivity index (χ2v) is 10.9. The van der Waals surface area contributed by atoms with Gasteiger partial charge in [-0.15, -0.1) is 12.4 Å². The van der Waals surface area contributed by atoms with Crippen molar-refractivity contribution in [2.45, 2.75) is 14.7 Å². The number of ether oxygens (including phenoxy) is 1. The molecule has 192 valence electrons. The zero-order chi connectivity index (χ0) is 25.0. The van der Waals surface area contributed by atoms with Crippen LogP contribution >= 0.6 is 24.2 Å². The number of benzene rings is 3. The molecule has 1 heterocycles. The highest BCUT2D eigenvalue weighted by Gasteiger charge is 2.22. The molecule has 9 nitrogen and oxygen atoms in total. The number of likely N-dealkylation sites (N-methyl/N-ethyl adjacent to an activating group) is 1. The van der Waals surface area contributed by atoms with Crippen molar-refractivity contribution in [2.75, 3.05) is 50.0 Å². The number of methoxy groups -OCH3 is 1. The van der Waals surface area contributed by atoms with Crippen molar-refractivity contribution in [1.82, 2.24) is 4.90 Å². The Morgan fingerprint density at radius 1 is 0.944 bits per heavy atom. The van der Waals surface area contributed by atoms with E-state index in [0.29, 0.717) is 11.4 Å². The van der Waals surface area contributed by atoms with Crippen molar-refractivity contribution in [3.05, 3.63) is 76.8 Å². The van der Waals surface area contributed by atoms with Crippen LogP contribution in [0.5, 0.6) is 5.75 Å². The van der Waals surface area contributed by atoms with E-state index in [-0.39, 0.29) is 23.0 Å². The predicted molar refractivity (Wildman–Crippen MR) is 144 cm³/mol. The fourth-order valence-corrected chi connectivity index (χ4v) is 5.60. The SMILES string of the molecule is COc1ccc(S(=O)(=O)Nc2ccc(Sc3ccc([N+](=O)[O-])cc3)cc2)cc1N1CCN(C)CC1.Cl. The Bertz CT molecular complexity index is 1300. The van der Waals surface area contributed by atoms with E-state index in [2.05, 4.69) is 21.6 Å². The van der Waals surface area contributed by atoms with E-state index >= 15 is 0 Å². The molecule has 0 aliphatic carbocycles. The number of hydrogen-bond donors (Lipinski definition) is 1. The number of non-ortho nitro benzene ring substituents is 1. The highest BCUT2D eigenvalue weighted by atomic mass is 35.5. The molecule has 0 spiro atoms. The lowest BCUT2D eigenvalue weighted by Crippen LogP contribution is -2.44. The van der Waals surface area contributed by atoms with Crippen LogP contribution in [0.25, 0.3) is 0 Å². The van der Waals surface area contributed by atoms with Crippen LogP contribution in [-0.2, 0) is 10.0 Å². The smallest absolute Gasteiger partial charge is 0.269 e. The first-order valence-corrected chi connectivity index (χ1v) is 13.2. The van der Waals surface area contributed by atoms with Crippen LogP contribution in [0.3, 0.4) is 0 Å². The molecular weight excluding hydrogens is 524 g/mol. The lowest BCUT2D eigenvalue weighted by atomic mass is 10.2. The maximum absolute atomic E-state index is 13.1. The molecule has 0 radical (unpaired) electrons. The van der Waals surface area contributed by atoms with Crippen LogP contribution in [0.1, 0.15) is 0 Å². The minimum atomic E-state index is -3.81. The zero-order valence-electron chi connectivity index (χ0n) is 19.8. The van der Waals surface area contributed by atoms with Crippen molar-refractivity contribution >= 4 is 51.3 Å². The molecule has 4 rings (SSSR count). The summed E-state index contributed by atoms with van der Waals surface area (Å²) in [7, 11) is -0.163. The number of piperazine rings is 1. The average molecular weight is 551 g/mol. The van der Waals surface area contributed by atoms with E-state index in [1.807, 2.05) is 0 Å². The molecular formula is C24H27ClN4O5S2. The summed E-state index contributed by atoms with van der Waals surface area (Å²) in [6.45, 7) is 3.36. The fraction of sp³-hybridized carbons (Fsp3) is 0.250. The number of anilines is 2. The van der Waals surface area contributed by atoms with E-state index < -0.39 is 14.9 Å². The molecule has 12 heteroatoms. The van der Waals surface area contributed by atoms with Gasteiger partial charge in [-0.3, -0.25) is 14.8 Å². The van der Waals surface area contributed by atoms with Crippen LogP contribution in [0.2, 0.25) is 0 Å². The minimum Gasteiger partial charge on any atom is -0.495 e. The molecule has 0 bridgehead atoms. The second kappa shape index (κ2) is 11.8. The Morgan fingerprint density at radius 3 is 2.08 bits per heavy atom. The van der Waals surface area contributed by atoms with Crippen molar-refractivity contribution in [2.24, 2.45) is 0 Å². The normalized spacial score (nSPS) is 14.1. The second-order valence-electron chi connectivity index (χ2n) is 8.11. The summed E-state index contributed by atoms with van der Waals surface area (Å²) in [5.74, 6) is 0.640. The minimum absolute atomic E-state index is 0. The van der Waals surface area contributed by atoms with Crippen molar-refractivity contribution in [3.8, 4) is 5.75 Å². The maximum atomic E-state index is 13.1. The molecule has 1 aliphatic rings. The summed E-state index contributed by atoms with van der Waals surface area (Å²) in [4.78, 5) is 16.6. The average Bonchev–Trinajstić information content (AvgIpc) is 2.85. The molecule has 0 aromatic heterocycles. The number of hydrogen-bond acceptors (Lipinski definition) is 8. The highest BCUT2D eigenvalue weighted by Crippen LogP contribution is 2.33. The van der Waals surface area contributed by atoms with Gasteiger partial charge >= 0.3 is 0 Å². The van der Waals surface area contributed by atoms with Gasteiger partial charge in [0.25, 0.3) is 15.7 Å². The summed E-state index contributed by atoms with van der Waals surface area (Å²) >= 11 is 1.43. The highest BCUT2D eigenvalue weighted by molar-refractivity contribution is 7.99. The molecule has 1 aliphatic heterocycles. The summed E-state index contributed by atoms with van der Waals surface area (Å²) in [6, 6.07) is 18.1. The van der Waals surface area contributed by atoms with E-state index in [9.17, 15) is 18.5 Å². The van der Waals surface area contributed by atoms with Gasteiger partial charge in [-0.1, -0.05) is 11.8 Å². The number of nitro benzene ring substituents is 1. The molecule has 36 heavy (non-hydrogen) atoms. The van der Waals surface area contributed by atoms with Gasteiger partial charge in [0.1, 0.15) is 5.75 Å². The standard InChI is InChI=1S/C24H26N4O5S2.ClH/c1-26-13-15-27(16-14-26)23-17-22(11-12-24(23)33-2)35(31,32)25-18-3-7-20(8-4-18)34-21-9-5-19(6-10-21)28(29)30;/h3-12,17,25H,13-16H2,1-2H3;1H. The predicted octanol–water partition coefficient (Wildman–Crippen LogP) is 4.73. The first-order chi connectivity index (χ1) is 16.7. The van der Waals surface area contributed by atoms with E-state index in [1.165, 1.54) is 23.9 Å². The van der Waals surface area contributed by atoms with Gasteiger partial charge in [0.15, 0.2) is 0 Å². The van der Waals surface area contributed by atoms with Crippen molar-refractivity contribution in [3.63, 3.8) is 0 Å². The largest absolute Gasteiger partial charge is 0.495 e. The van der Waals surface area contributed by atoms with Gasteiger partial charge in [-0.25, -0.2) is 8.42 Å². The summed E-state index contributed by atoms with van der Waals surface area (Å²) in [6.07, 6.45) is 0. The van der Waals surface area contributed by atoms with E-state index in [0.717, 1.165) is 41.7 Å². The van der Waals surface area contributed by atoms with E-state index in [4.69, 9.17) is 4.74 Å². The Kier molecular flexibility index (Phi) is 9.07. The molecule has 0 atom stereocenters. The van der Waals surface area contributed by atoms with Crippen LogP contribution in [-0.4, -0.2) is 58.6 Å². The van der Waals surface area contributed by atoms with Gasteiger partial charge in [-0.2, -0.15) is 0 Å². The Balaban J connectivity index is 0.00000361. The monoisotopic (exact) mass is 550 g/mol. The number of nitrogens with zero attached hydrogens (tertiary/aromatic N) is 3. The number of nitrogens with one attached hydrogen (secondary N) is 1. The third-order valence-electron chi connectivity index (χ3n) is 5.69. The molecule has 1 N–H and O–H groups in total. The molecule has 3 aromatic carbocycles. The molecule has 0 unspecified atom stereocenters. The first-order valence-electron chi connectivity index (χ1n) is 10.9. The Hall–Kier alpha value is -2.99. The van der Waals surface area contributed by atoms with Crippen LogP contribution < -0.4 is 14.4 Å². The lowest BCUT2D eigenvalue weighted by Gasteiger charge is -2.34. The third-order valence-corrected chi connectivity index (χ3v) is 8.09. The third kappa shape index (κ3) is 6.61. The molecule has 1 fully saturated rings. The van der Waals surface area contributed by atoms with Crippen molar-refractivity contribution < 1.29 is 18.1 Å². The fourth-order valence-electron chi connectivity index (χ4n) is 3.71. The van der Waals surface area contributed by atoms with Gasteiger partial charge < -0.3 is 14.5 Å². The maximum Gasteiger partial charge on any atom is 0.269 e. The molecule has 0 saturated carbocycles. The summed E-state index contributed by atoms with van der Waals surface area (Å²) in [5, 5.41) is 10.8. The lowest BCUT2D eigenvalue weighted by molar-refractivity contribution is -0.384.